The number of rotatable bonds is 5. The van der Waals surface area contributed by atoms with E-state index in [1.165, 1.54) is 25.0 Å². The summed E-state index contributed by atoms with van der Waals surface area (Å²) in [5, 5.41) is 3.16. The molecule has 1 aliphatic rings. The first kappa shape index (κ1) is 15.7. The van der Waals surface area contributed by atoms with Crippen LogP contribution in [-0.4, -0.2) is 16.9 Å². The van der Waals surface area contributed by atoms with E-state index in [-0.39, 0.29) is 23.7 Å². The Morgan fingerprint density at radius 3 is 2.61 bits per heavy atom. The number of benzene rings is 1. The van der Waals surface area contributed by atoms with Crippen LogP contribution in [0.15, 0.2) is 48.8 Å². The highest BCUT2D eigenvalue weighted by Crippen LogP contribution is 2.24. The van der Waals surface area contributed by atoms with E-state index in [4.69, 9.17) is 0 Å². The third kappa shape index (κ3) is 4.15. The van der Waals surface area contributed by atoms with Crippen molar-refractivity contribution in [1.29, 1.82) is 0 Å². The molecule has 3 nitrogen and oxygen atoms in total. The lowest BCUT2D eigenvalue weighted by molar-refractivity contribution is -0.123. The maximum absolute atomic E-state index is 13.2. The van der Waals surface area contributed by atoms with Crippen molar-refractivity contribution in [1.82, 2.24) is 10.3 Å². The van der Waals surface area contributed by atoms with Crippen molar-refractivity contribution >= 4 is 5.91 Å². The minimum atomic E-state index is -0.319. The Bertz CT molecular complexity index is 636. The van der Waals surface area contributed by atoms with Crippen molar-refractivity contribution < 1.29 is 9.18 Å². The van der Waals surface area contributed by atoms with Gasteiger partial charge in [-0.15, -0.1) is 0 Å². The number of hydrogen-bond donors (Lipinski definition) is 1. The van der Waals surface area contributed by atoms with Gasteiger partial charge in [-0.05, 0) is 48.6 Å². The van der Waals surface area contributed by atoms with Crippen LogP contribution in [0.1, 0.15) is 42.7 Å². The van der Waals surface area contributed by atoms with Gasteiger partial charge in [0.2, 0.25) is 5.91 Å². The van der Waals surface area contributed by atoms with Gasteiger partial charge in [-0.1, -0.05) is 31.0 Å². The van der Waals surface area contributed by atoms with Gasteiger partial charge >= 0.3 is 0 Å². The van der Waals surface area contributed by atoms with E-state index >= 15 is 0 Å². The molecule has 1 amide bonds. The Hall–Kier alpha value is -2.23. The molecule has 120 valence electrons. The second-order valence-corrected chi connectivity index (χ2v) is 6.16. The molecule has 2 aromatic rings. The summed E-state index contributed by atoms with van der Waals surface area (Å²) in [6, 6.07) is 10.3. The molecule has 1 aliphatic carbocycles. The predicted molar refractivity (Wildman–Crippen MR) is 87.5 cm³/mol. The largest absolute Gasteiger partial charge is 0.353 e. The number of nitrogens with one attached hydrogen (secondary N) is 1. The smallest absolute Gasteiger partial charge is 0.228 e. The van der Waals surface area contributed by atoms with Gasteiger partial charge in [0.05, 0.1) is 5.92 Å². The summed E-state index contributed by atoms with van der Waals surface area (Å²) in [4.78, 5) is 16.9. The molecular weight excluding hydrogens is 291 g/mol. The van der Waals surface area contributed by atoms with Crippen LogP contribution in [0.25, 0.3) is 0 Å². The molecule has 3 rings (SSSR count). The molecule has 0 bridgehead atoms. The van der Waals surface area contributed by atoms with Gasteiger partial charge in [0.1, 0.15) is 5.82 Å². The van der Waals surface area contributed by atoms with Crippen LogP contribution < -0.4 is 5.32 Å². The maximum atomic E-state index is 13.2. The van der Waals surface area contributed by atoms with E-state index in [1.807, 2.05) is 12.1 Å². The second-order valence-electron chi connectivity index (χ2n) is 6.16. The van der Waals surface area contributed by atoms with Gasteiger partial charge in [-0.2, -0.15) is 0 Å². The third-order valence-corrected chi connectivity index (χ3v) is 4.45. The SMILES string of the molecule is O=C(NC1CCCC1)C(Cc1cccnc1)c1ccc(F)cc1. The number of carbonyl (C=O) groups excluding carboxylic acids is 1. The fourth-order valence-corrected chi connectivity index (χ4v) is 3.18. The summed E-state index contributed by atoms with van der Waals surface area (Å²) in [5.74, 6) is -0.585. The number of hydrogen-bond acceptors (Lipinski definition) is 2. The van der Waals surface area contributed by atoms with Crippen LogP contribution >= 0.6 is 0 Å². The number of pyridine rings is 1. The normalized spacial score (nSPS) is 16.2. The summed E-state index contributed by atoms with van der Waals surface area (Å²) < 4.78 is 13.2. The fourth-order valence-electron chi connectivity index (χ4n) is 3.18. The molecule has 1 aromatic heterocycles. The topological polar surface area (TPSA) is 42.0 Å². The van der Waals surface area contributed by atoms with Crippen LogP contribution in [0.3, 0.4) is 0 Å². The highest BCUT2D eigenvalue weighted by Gasteiger charge is 2.25. The van der Waals surface area contributed by atoms with Gasteiger partial charge in [-0.25, -0.2) is 4.39 Å². The Kier molecular flexibility index (Phi) is 5.01. The molecule has 1 atom stereocenters. The van der Waals surface area contributed by atoms with E-state index in [2.05, 4.69) is 10.3 Å². The molecule has 1 fully saturated rings. The minimum absolute atomic E-state index is 0.0207. The van der Waals surface area contributed by atoms with Gasteiger partial charge < -0.3 is 5.32 Å². The van der Waals surface area contributed by atoms with Gasteiger partial charge in [0.15, 0.2) is 0 Å². The molecule has 0 radical (unpaired) electrons. The molecule has 1 N–H and O–H groups in total. The Morgan fingerprint density at radius 1 is 1.22 bits per heavy atom. The summed E-state index contributed by atoms with van der Waals surface area (Å²) in [5.41, 5.74) is 1.84. The summed E-state index contributed by atoms with van der Waals surface area (Å²) >= 11 is 0. The number of halogens is 1. The average molecular weight is 312 g/mol. The zero-order chi connectivity index (χ0) is 16.1. The van der Waals surface area contributed by atoms with Crippen molar-refractivity contribution in [2.75, 3.05) is 0 Å². The predicted octanol–water partition coefficient (Wildman–Crippen LogP) is 3.61. The monoisotopic (exact) mass is 312 g/mol. The lowest BCUT2D eigenvalue weighted by Gasteiger charge is -2.20. The molecule has 1 aromatic carbocycles. The molecule has 1 unspecified atom stereocenters. The molecular formula is C19H21FN2O. The molecule has 4 heteroatoms. The van der Waals surface area contributed by atoms with Crippen LogP contribution in [0.2, 0.25) is 0 Å². The number of carbonyl (C=O) groups is 1. The van der Waals surface area contributed by atoms with E-state index in [9.17, 15) is 9.18 Å². The van der Waals surface area contributed by atoms with E-state index in [1.54, 1.807) is 24.5 Å². The quantitative estimate of drug-likeness (QED) is 0.916. The zero-order valence-electron chi connectivity index (χ0n) is 13.0. The molecule has 0 saturated heterocycles. The summed E-state index contributed by atoms with van der Waals surface area (Å²) in [6.07, 6.45) is 8.51. The van der Waals surface area contributed by atoms with Crippen LogP contribution in [-0.2, 0) is 11.2 Å². The van der Waals surface area contributed by atoms with Crippen molar-refractivity contribution in [3.8, 4) is 0 Å². The van der Waals surface area contributed by atoms with Gasteiger partial charge in [-0.3, -0.25) is 9.78 Å². The number of nitrogens with zero attached hydrogens (tertiary/aromatic N) is 1. The van der Waals surface area contributed by atoms with Crippen molar-refractivity contribution in [2.24, 2.45) is 0 Å². The average Bonchev–Trinajstić information content (AvgIpc) is 3.07. The fraction of sp³-hybridized carbons (Fsp3) is 0.368. The first-order valence-electron chi connectivity index (χ1n) is 8.17. The van der Waals surface area contributed by atoms with E-state index in [0.717, 1.165) is 24.0 Å². The van der Waals surface area contributed by atoms with Crippen molar-refractivity contribution in [3.05, 3.63) is 65.7 Å². The third-order valence-electron chi connectivity index (χ3n) is 4.45. The van der Waals surface area contributed by atoms with Gasteiger partial charge in [0, 0.05) is 18.4 Å². The zero-order valence-corrected chi connectivity index (χ0v) is 13.0. The maximum Gasteiger partial charge on any atom is 0.228 e. The van der Waals surface area contributed by atoms with Crippen LogP contribution in [0, 0.1) is 5.82 Å². The van der Waals surface area contributed by atoms with Crippen molar-refractivity contribution in [2.45, 2.75) is 44.1 Å². The Labute approximate surface area is 135 Å². The molecule has 1 heterocycles. The first-order valence-corrected chi connectivity index (χ1v) is 8.17. The van der Waals surface area contributed by atoms with Crippen molar-refractivity contribution in [3.63, 3.8) is 0 Å². The summed E-state index contributed by atoms with van der Waals surface area (Å²) in [7, 11) is 0. The molecule has 0 aliphatic heterocycles. The molecule has 1 saturated carbocycles. The van der Waals surface area contributed by atoms with E-state index < -0.39 is 0 Å². The van der Waals surface area contributed by atoms with Crippen LogP contribution in [0.5, 0.6) is 0 Å². The highest BCUT2D eigenvalue weighted by molar-refractivity contribution is 5.84. The summed E-state index contributed by atoms with van der Waals surface area (Å²) in [6.45, 7) is 0. The molecule has 23 heavy (non-hydrogen) atoms. The van der Waals surface area contributed by atoms with Crippen LogP contribution in [0.4, 0.5) is 4.39 Å². The minimum Gasteiger partial charge on any atom is -0.353 e. The second kappa shape index (κ2) is 7.36. The Morgan fingerprint density at radius 2 is 1.96 bits per heavy atom. The first-order chi connectivity index (χ1) is 11.2. The van der Waals surface area contributed by atoms with E-state index in [0.29, 0.717) is 6.42 Å². The lowest BCUT2D eigenvalue weighted by atomic mass is 9.91. The Balaban J connectivity index is 1.79. The number of amides is 1. The standard InChI is InChI=1S/C19H21FN2O/c20-16-9-7-15(8-10-16)18(12-14-4-3-11-21-13-14)19(23)22-17-5-1-2-6-17/h3-4,7-11,13,17-18H,1-2,5-6,12H2,(H,22,23). The van der Waals surface area contributed by atoms with Gasteiger partial charge in [0.25, 0.3) is 0 Å². The lowest BCUT2D eigenvalue weighted by Crippen LogP contribution is -2.37. The highest BCUT2D eigenvalue weighted by atomic mass is 19.1. The number of aromatic nitrogens is 1. The molecule has 0 spiro atoms.